The third kappa shape index (κ3) is 3.07. The van der Waals surface area contributed by atoms with Gasteiger partial charge < -0.3 is 14.4 Å². The zero-order chi connectivity index (χ0) is 19.1. The fourth-order valence-electron chi connectivity index (χ4n) is 4.44. The van der Waals surface area contributed by atoms with E-state index in [0.717, 1.165) is 61.4 Å². The number of likely N-dealkylation sites (tertiary alicyclic amines) is 1. The molecule has 3 aromatic rings. The van der Waals surface area contributed by atoms with Crippen LogP contribution in [0.1, 0.15) is 18.7 Å². The Balaban J connectivity index is 1.40. The molecule has 1 amide bonds. The van der Waals surface area contributed by atoms with E-state index in [9.17, 15) is 4.79 Å². The minimum atomic E-state index is 0.172. The summed E-state index contributed by atoms with van der Waals surface area (Å²) in [5.41, 5.74) is 4.47. The minimum Gasteiger partial charge on any atom is -0.333 e. The number of aromatic nitrogens is 3. The normalized spacial score (nSPS) is 18.4. The van der Waals surface area contributed by atoms with Crippen molar-refractivity contribution in [2.75, 3.05) is 26.7 Å². The Kier molecular flexibility index (Phi) is 4.36. The lowest BCUT2D eigenvalue weighted by Crippen LogP contribution is -2.44. The SMILES string of the molecule is CN1CCC(C(=O)N2CCn3c(nc4ccc(-c5ccncc5)cc43)C2)CC1. The summed E-state index contributed by atoms with van der Waals surface area (Å²) in [6.07, 6.45) is 5.57. The van der Waals surface area contributed by atoms with Gasteiger partial charge in [0, 0.05) is 31.4 Å². The van der Waals surface area contributed by atoms with E-state index < -0.39 is 0 Å². The molecular weight excluding hydrogens is 350 g/mol. The first-order chi connectivity index (χ1) is 13.7. The van der Waals surface area contributed by atoms with E-state index in [2.05, 4.69) is 39.7 Å². The van der Waals surface area contributed by atoms with Crippen molar-refractivity contribution in [2.45, 2.75) is 25.9 Å². The number of carbonyl (C=O) groups excluding carboxylic acids is 1. The molecule has 144 valence electrons. The number of piperidine rings is 1. The van der Waals surface area contributed by atoms with Crippen molar-refractivity contribution in [2.24, 2.45) is 5.92 Å². The Labute approximate surface area is 164 Å². The molecule has 0 aliphatic carbocycles. The predicted octanol–water partition coefficient (Wildman–Crippen LogP) is 2.78. The number of rotatable bonds is 2. The van der Waals surface area contributed by atoms with E-state index in [0.29, 0.717) is 12.5 Å². The van der Waals surface area contributed by atoms with Crippen LogP contribution in [0.5, 0.6) is 0 Å². The van der Waals surface area contributed by atoms with Gasteiger partial charge in [0.25, 0.3) is 0 Å². The maximum Gasteiger partial charge on any atom is 0.226 e. The Morgan fingerprint density at radius 3 is 2.57 bits per heavy atom. The molecule has 2 aliphatic heterocycles. The first-order valence-electron chi connectivity index (χ1n) is 10.1. The van der Waals surface area contributed by atoms with Gasteiger partial charge in [0.15, 0.2) is 0 Å². The van der Waals surface area contributed by atoms with Gasteiger partial charge in [-0.1, -0.05) is 6.07 Å². The highest BCUT2D eigenvalue weighted by atomic mass is 16.2. The molecule has 0 spiro atoms. The van der Waals surface area contributed by atoms with E-state index >= 15 is 0 Å². The molecule has 4 heterocycles. The van der Waals surface area contributed by atoms with Crippen LogP contribution in [0, 0.1) is 5.92 Å². The largest absolute Gasteiger partial charge is 0.333 e. The Morgan fingerprint density at radius 1 is 1.00 bits per heavy atom. The number of hydrogen-bond acceptors (Lipinski definition) is 4. The van der Waals surface area contributed by atoms with E-state index in [4.69, 9.17) is 4.98 Å². The Morgan fingerprint density at radius 2 is 1.79 bits per heavy atom. The second-order valence-electron chi connectivity index (χ2n) is 7.96. The molecule has 28 heavy (non-hydrogen) atoms. The summed E-state index contributed by atoms with van der Waals surface area (Å²) in [5, 5.41) is 0. The van der Waals surface area contributed by atoms with Gasteiger partial charge in [-0.25, -0.2) is 4.98 Å². The van der Waals surface area contributed by atoms with Crippen molar-refractivity contribution >= 4 is 16.9 Å². The number of carbonyl (C=O) groups is 1. The number of imidazole rings is 1. The fourth-order valence-corrected chi connectivity index (χ4v) is 4.44. The summed E-state index contributed by atoms with van der Waals surface area (Å²) >= 11 is 0. The van der Waals surface area contributed by atoms with Crippen LogP contribution in [-0.2, 0) is 17.9 Å². The predicted molar refractivity (Wildman–Crippen MR) is 109 cm³/mol. The molecule has 0 unspecified atom stereocenters. The van der Waals surface area contributed by atoms with Crippen LogP contribution >= 0.6 is 0 Å². The zero-order valence-corrected chi connectivity index (χ0v) is 16.2. The van der Waals surface area contributed by atoms with E-state index in [1.165, 1.54) is 5.56 Å². The van der Waals surface area contributed by atoms with Crippen molar-refractivity contribution in [1.82, 2.24) is 24.3 Å². The van der Waals surface area contributed by atoms with Gasteiger partial charge in [-0.3, -0.25) is 9.78 Å². The molecule has 0 radical (unpaired) electrons. The molecule has 1 fully saturated rings. The molecule has 5 rings (SSSR count). The monoisotopic (exact) mass is 375 g/mol. The number of benzene rings is 1. The lowest BCUT2D eigenvalue weighted by molar-refractivity contribution is -0.138. The summed E-state index contributed by atoms with van der Waals surface area (Å²) in [5.74, 6) is 1.48. The van der Waals surface area contributed by atoms with Crippen LogP contribution in [0.25, 0.3) is 22.2 Å². The molecule has 0 saturated carbocycles. The molecule has 2 aliphatic rings. The summed E-state index contributed by atoms with van der Waals surface area (Å²) < 4.78 is 2.28. The quantitative estimate of drug-likeness (QED) is 0.691. The van der Waals surface area contributed by atoms with Crippen molar-refractivity contribution in [1.29, 1.82) is 0 Å². The topological polar surface area (TPSA) is 54.3 Å². The molecule has 0 atom stereocenters. The van der Waals surface area contributed by atoms with Crippen LogP contribution in [0.3, 0.4) is 0 Å². The highest BCUT2D eigenvalue weighted by Crippen LogP contribution is 2.28. The smallest absolute Gasteiger partial charge is 0.226 e. The van der Waals surface area contributed by atoms with E-state index in [1.807, 2.05) is 29.4 Å². The van der Waals surface area contributed by atoms with Crippen LogP contribution in [0.4, 0.5) is 0 Å². The number of fused-ring (bicyclic) bond motifs is 3. The van der Waals surface area contributed by atoms with E-state index in [1.54, 1.807) is 0 Å². The number of amides is 1. The van der Waals surface area contributed by atoms with Gasteiger partial charge in [-0.15, -0.1) is 0 Å². The highest BCUT2D eigenvalue weighted by Gasteiger charge is 2.30. The molecule has 0 bridgehead atoms. The molecule has 1 aromatic carbocycles. The van der Waals surface area contributed by atoms with Crippen molar-refractivity contribution < 1.29 is 4.79 Å². The number of pyridine rings is 1. The van der Waals surface area contributed by atoms with Gasteiger partial charge in [-0.05, 0) is 68.4 Å². The van der Waals surface area contributed by atoms with E-state index in [-0.39, 0.29) is 5.92 Å². The second kappa shape index (κ2) is 7.02. The van der Waals surface area contributed by atoms with Crippen molar-refractivity contribution in [3.05, 3.63) is 48.5 Å². The third-order valence-electron chi connectivity index (χ3n) is 6.15. The molecular formula is C22H25N5O. The standard InChI is InChI=1S/C22H25N5O/c1-25-10-6-17(7-11-25)22(28)26-12-13-27-20-14-18(16-4-8-23-9-5-16)2-3-19(20)24-21(27)15-26/h2-5,8-9,14,17H,6-7,10-13,15H2,1H3. The minimum absolute atomic E-state index is 0.172. The van der Waals surface area contributed by atoms with Gasteiger partial charge in [0.05, 0.1) is 17.6 Å². The van der Waals surface area contributed by atoms with Crippen molar-refractivity contribution in [3.63, 3.8) is 0 Å². The summed E-state index contributed by atoms with van der Waals surface area (Å²) in [4.78, 5) is 26.2. The van der Waals surface area contributed by atoms with Gasteiger partial charge >= 0.3 is 0 Å². The fraction of sp³-hybridized carbons (Fsp3) is 0.409. The van der Waals surface area contributed by atoms with Gasteiger partial charge in [0.2, 0.25) is 5.91 Å². The molecule has 6 nitrogen and oxygen atoms in total. The van der Waals surface area contributed by atoms with Crippen LogP contribution < -0.4 is 0 Å². The van der Waals surface area contributed by atoms with Gasteiger partial charge in [0.1, 0.15) is 5.82 Å². The molecule has 0 N–H and O–H groups in total. The van der Waals surface area contributed by atoms with Crippen LogP contribution in [0.2, 0.25) is 0 Å². The maximum atomic E-state index is 13.0. The van der Waals surface area contributed by atoms with Gasteiger partial charge in [-0.2, -0.15) is 0 Å². The number of hydrogen-bond donors (Lipinski definition) is 0. The van der Waals surface area contributed by atoms with Crippen molar-refractivity contribution in [3.8, 4) is 11.1 Å². The summed E-state index contributed by atoms with van der Waals surface area (Å²) in [6, 6.07) is 10.4. The zero-order valence-electron chi connectivity index (χ0n) is 16.2. The second-order valence-corrected chi connectivity index (χ2v) is 7.96. The first-order valence-corrected chi connectivity index (χ1v) is 10.1. The average Bonchev–Trinajstić information content (AvgIpc) is 3.11. The molecule has 2 aromatic heterocycles. The first kappa shape index (κ1) is 17.4. The summed E-state index contributed by atoms with van der Waals surface area (Å²) in [7, 11) is 2.13. The Hall–Kier alpha value is -2.73. The maximum absolute atomic E-state index is 13.0. The lowest BCUT2D eigenvalue weighted by Gasteiger charge is -2.34. The summed E-state index contributed by atoms with van der Waals surface area (Å²) in [6.45, 7) is 4.22. The highest BCUT2D eigenvalue weighted by molar-refractivity contribution is 5.83. The molecule has 6 heteroatoms. The number of nitrogens with zero attached hydrogens (tertiary/aromatic N) is 5. The van der Waals surface area contributed by atoms with Crippen LogP contribution in [0.15, 0.2) is 42.7 Å². The molecule has 1 saturated heterocycles. The lowest BCUT2D eigenvalue weighted by atomic mass is 9.95. The Bertz CT molecular complexity index is 1000. The average molecular weight is 375 g/mol. The van der Waals surface area contributed by atoms with Crippen LogP contribution in [-0.4, -0.2) is 56.9 Å². The third-order valence-corrected chi connectivity index (χ3v) is 6.15.